The predicted octanol–water partition coefficient (Wildman–Crippen LogP) is 2.09. The number of fused-ring (bicyclic) bond motifs is 3. The largest absolute Gasteiger partial charge is 0.486 e. The molecule has 1 aliphatic rings. The quantitative estimate of drug-likeness (QED) is 0.832. The van der Waals surface area contributed by atoms with Crippen LogP contribution in [0.2, 0.25) is 0 Å². The Labute approximate surface area is 146 Å². The van der Waals surface area contributed by atoms with Crippen molar-refractivity contribution in [3.63, 3.8) is 0 Å². The van der Waals surface area contributed by atoms with Crippen LogP contribution in [0.25, 0.3) is 11.0 Å². The highest BCUT2D eigenvalue weighted by Crippen LogP contribution is 2.38. The third-order valence-electron chi connectivity index (χ3n) is 4.75. The van der Waals surface area contributed by atoms with Gasteiger partial charge in [-0.05, 0) is 45.7 Å². The van der Waals surface area contributed by atoms with E-state index in [0.717, 1.165) is 11.1 Å². The fraction of sp³-hybridized carbons (Fsp3) is 0.529. The second-order valence-corrected chi connectivity index (χ2v) is 8.34. The molecule has 2 aromatic rings. The summed E-state index contributed by atoms with van der Waals surface area (Å²) >= 11 is 0. The minimum Gasteiger partial charge on any atom is -0.486 e. The van der Waals surface area contributed by atoms with Crippen LogP contribution in [0.15, 0.2) is 16.9 Å². The molecule has 0 aromatic carbocycles. The van der Waals surface area contributed by atoms with Gasteiger partial charge in [-0.15, -0.1) is 0 Å². The van der Waals surface area contributed by atoms with Crippen LogP contribution in [0.3, 0.4) is 0 Å². The fourth-order valence-corrected chi connectivity index (χ4v) is 3.97. The molecule has 0 amide bonds. The fourth-order valence-electron chi connectivity index (χ4n) is 3.28. The molecule has 0 saturated heterocycles. The molecule has 8 heteroatoms. The molecule has 1 unspecified atom stereocenters. The Hall–Kier alpha value is -1.93. The van der Waals surface area contributed by atoms with E-state index in [9.17, 15) is 13.2 Å². The lowest BCUT2D eigenvalue weighted by atomic mass is 9.90. The Bertz CT molecular complexity index is 996. The molecule has 0 saturated carbocycles. The van der Waals surface area contributed by atoms with Crippen LogP contribution in [-0.4, -0.2) is 33.9 Å². The van der Waals surface area contributed by atoms with Crippen molar-refractivity contribution in [2.24, 2.45) is 0 Å². The molecule has 1 N–H and O–H groups in total. The van der Waals surface area contributed by atoms with Gasteiger partial charge in [-0.2, -0.15) is 8.42 Å². The van der Waals surface area contributed by atoms with Gasteiger partial charge in [0.2, 0.25) is 0 Å². The molecule has 0 bridgehead atoms. The van der Waals surface area contributed by atoms with Crippen molar-refractivity contribution in [1.29, 1.82) is 0 Å². The summed E-state index contributed by atoms with van der Waals surface area (Å²) < 4.78 is 39.0. The lowest BCUT2D eigenvalue weighted by molar-refractivity contribution is 0.0627. The second-order valence-electron chi connectivity index (χ2n) is 6.77. The summed E-state index contributed by atoms with van der Waals surface area (Å²) in [6, 6.07) is 3.75. The molecule has 3 rings (SSSR count). The van der Waals surface area contributed by atoms with E-state index < -0.39 is 15.7 Å². The summed E-state index contributed by atoms with van der Waals surface area (Å²) in [4.78, 5) is 17.3. The van der Waals surface area contributed by atoms with E-state index in [-0.39, 0.29) is 17.7 Å². The first kappa shape index (κ1) is 17.9. The van der Waals surface area contributed by atoms with Crippen molar-refractivity contribution in [3.8, 4) is 5.75 Å². The average molecular weight is 366 g/mol. The third-order valence-corrected chi connectivity index (χ3v) is 5.47. The van der Waals surface area contributed by atoms with Gasteiger partial charge in [-0.25, -0.2) is 4.98 Å². The van der Waals surface area contributed by atoms with Crippen molar-refractivity contribution in [2.45, 2.75) is 52.2 Å². The van der Waals surface area contributed by atoms with Crippen molar-refractivity contribution >= 4 is 21.2 Å². The van der Waals surface area contributed by atoms with Crippen LogP contribution >= 0.6 is 0 Å². The van der Waals surface area contributed by atoms with Gasteiger partial charge in [0.05, 0.1) is 16.7 Å². The molecular formula is C17H22N2O5S. The molecule has 25 heavy (non-hydrogen) atoms. The smallest absolute Gasteiger partial charge is 0.265 e. The number of hydrogen-bond acceptors (Lipinski definition) is 5. The van der Waals surface area contributed by atoms with Gasteiger partial charge in [0, 0.05) is 18.7 Å². The Morgan fingerprint density at radius 1 is 1.40 bits per heavy atom. The number of aromatic nitrogens is 2. The Balaban J connectivity index is 2.13. The highest BCUT2D eigenvalue weighted by molar-refractivity contribution is 7.85. The maximum atomic E-state index is 12.8. The maximum absolute atomic E-state index is 12.8. The van der Waals surface area contributed by atoms with Crippen LogP contribution in [-0.2, 0) is 23.1 Å². The van der Waals surface area contributed by atoms with Gasteiger partial charge in [0.25, 0.3) is 15.7 Å². The first-order valence-corrected chi connectivity index (χ1v) is 9.92. The standard InChI is InChI=1S/C17H22N2O5S/c1-4-19-15-12(6-5-11(2)18-15)14-13(16(19)20)7-8-17(3,24-14)9-10-25(21,22)23/h5-6H,4,7-10H2,1-3H3,(H,21,22,23). The van der Waals surface area contributed by atoms with E-state index in [4.69, 9.17) is 9.29 Å². The highest BCUT2D eigenvalue weighted by atomic mass is 32.2. The molecule has 1 atom stereocenters. The topological polar surface area (TPSA) is 98.5 Å². The highest BCUT2D eigenvalue weighted by Gasteiger charge is 2.35. The normalized spacial score (nSPS) is 20.3. The van der Waals surface area contributed by atoms with Crippen LogP contribution in [0.1, 0.15) is 37.9 Å². The van der Waals surface area contributed by atoms with Gasteiger partial charge in [-0.1, -0.05) is 0 Å². The van der Waals surface area contributed by atoms with Gasteiger partial charge < -0.3 is 4.74 Å². The monoisotopic (exact) mass is 366 g/mol. The molecule has 7 nitrogen and oxygen atoms in total. The van der Waals surface area contributed by atoms with Gasteiger partial charge in [-0.3, -0.25) is 13.9 Å². The molecule has 0 spiro atoms. The molecule has 0 radical (unpaired) electrons. The summed E-state index contributed by atoms with van der Waals surface area (Å²) in [7, 11) is -4.06. The first-order valence-electron chi connectivity index (χ1n) is 8.31. The maximum Gasteiger partial charge on any atom is 0.265 e. The van der Waals surface area contributed by atoms with E-state index in [1.54, 1.807) is 11.5 Å². The lowest BCUT2D eigenvalue weighted by Crippen LogP contribution is -2.41. The minimum absolute atomic E-state index is 0.111. The van der Waals surface area contributed by atoms with E-state index in [0.29, 0.717) is 36.3 Å². The number of ether oxygens (including phenoxy) is 1. The zero-order chi connectivity index (χ0) is 18.4. The van der Waals surface area contributed by atoms with Crippen LogP contribution in [0.4, 0.5) is 0 Å². The molecule has 0 fully saturated rings. The number of rotatable bonds is 4. The predicted molar refractivity (Wildman–Crippen MR) is 94.8 cm³/mol. The van der Waals surface area contributed by atoms with Crippen molar-refractivity contribution in [2.75, 3.05) is 5.75 Å². The SMILES string of the molecule is CCn1c(=O)c2c(c3ccc(C)nc31)OC(C)(CCS(=O)(=O)O)CC2. The Morgan fingerprint density at radius 3 is 2.76 bits per heavy atom. The van der Waals surface area contributed by atoms with Crippen LogP contribution in [0, 0.1) is 6.92 Å². The molecule has 0 aliphatic carbocycles. The Kier molecular flexibility index (Phi) is 4.36. The van der Waals surface area contributed by atoms with Gasteiger partial charge in [0.1, 0.15) is 17.0 Å². The van der Waals surface area contributed by atoms with Crippen molar-refractivity contribution < 1.29 is 17.7 Å². The second kappa shape index (κ2) is 6.10. The molecule has 2 aromatic heterocycles. The van der Waals surface area contributed by atoms with Crippen LogP contribution in [0.5, 0.6) is 5.75 Å². The van der Waals surface area contributed by atoms with E-state index in [1.807, 2.05) is 26.0 Å². The zero-order valence-corrected chi connectivity index (χ0v) is 15.4. The van der Waals surface area contributed by atoms with E-state index >= 15 is 0 Å². The third kappa shape index (κ3) is 3.41. The zero-order valence-electron chi connectivity index (χ0n) is 14.6. The van der Waals surface area contributed by atoms with E-state index in [2.05, 4.69) is 4.98 Å². The summed E-state index contributed by atoms with van der Waals surface area (Å²) in [5.74, 6) is 0.112. The van der Waals surface area contributed by atoms with Crippen molar-refractivity contribution in [3.05, 3.63) is 33.7 Å². The molecule has 136 valence electrons. The number of hydrogen-bond donors (Lipinski definition) is 1. The first-order chi connectivity index (χ1) is 11.6. The van der Waals surface area contributed by atoms with Crippen LogP contribution < -0.4 is 10.3 Å². The van der Waals surface area contributed by atoms with E-state index in [1.165, 1.54) is 0 Å². The van der Waals surface area contributed by atoms with Crippen molar-refractivity contribution in [1.82, 2.24) is 9.55 Å². The number of aryl methyl sites for hydroxylation is 2. The summed E-state index contributed by atoms with van der Waals surface area (Å²) in [6.45, 7) is 6.08. The number of pyridine rings is 2. The average Bonchev–Trinajstić information content (AvgIpc) is 2.53. The molecule has 3 heterocycles. The molecular weight excluding hydrogens is 344 g/mol. The summed E-state index contributed by atoms with van der Waals surface area (Å²) in [6.07, 6.45) is 1.17. The summed E-state index contributed by atoms with van der Waals surface area (Å²) in [5.41, 5.74) is 1.11. The van der Waals surface area contributed by atoms with Gasteiger partial charge >= 0.3 is 0 Å². The lowest BCUT2D eigenvalue weighted by Gasteiger charge is -2.36. The Morgan fingerprint density at radius 2 is 2.12 bits per heavy atom. The minimum atomic E-state index is -4.06. The molecule has 1 aliphatic heterocycles. The number of nitrogens with zero attached hydrogens (tertiary/aromatic N) is 2. The summed E-state index contributed by atoms with van der Waals surface area (Å²) in [5, 5.41) is 0.750. The van der Waals surface area contributed by atoms with Gasteiger partial charge in [0.15, 0.2) is 0 Å².